The highest BCUT2D eigenvalue weighted by Crippen LogP contribution is 2.26. The Balaban J connectivity index is 2.74. The largest absolute Gasteiger partial charge is 0.350 e. The van der Waals surface area contributed by atoms with Crippen molar-refractivity contribution in [1.29, 1.82) is 0 Å². The molecule has 70 valence electrons. The highest BCUT2D eigenvalue weighted by molar-refractivity contribution is 5.84. The summed E-state index contributed by atoms with van der Waals surface area (Å²) in [6.45, 7) is 2.06. The Bertz CT molecular complexity index is 499. The quantitative estimate of drug-likeness (QED) is 0.599. The summed E-state index contributed by atoms with van der Waals surface area (Å²) in [6.07, 6.45) is 7.57. The monoisotopic (exact) mass is 183 g/mol. The minimum Gasteiger partial charge on any atom is -0.350 e. The van der Waals surface area contributed by atoms with Crippen LogP contribution in [-0.2, 0) is 7.05 Å². The van der Waals surface area contributed by atoms with Crippen LogP contribution in [0.5, 0.6) is 0 Å². The number of aryl methyl sites for hydroxylation is 1. The van der Waals surface area contributed by atoms with E-state index in [1.807, 2.05) is 6.07 Å². The van der Waals surface area contributed by atoms with E-state index in [1.54, 1.807) is 0 Å². The molecule has 14 heavy (non-hydrogen) atoms. The lowest BCUT2D eigenvalue weighted by atomic mass is 10.0. The van der Waals surface area contributed by atoms with Gasteiger partial charge in [0, 0.05) is 30.1 Å². The third kappa shape index (κ3) is 1.20. The minimum absolute atomic E-state index is 0.182. The van der Waals surface area contributed by atoms with Gasteiger partial charge in [-0.1, -0.05) is 24.1 Å². The van der Waals surface area contributed by atoms with Crippen LogP contribution >= 0.6 is 0 Å². The average molecular weight is 183 g/mol. The maximum Gasteiger partial charge on any atom is 0.0480 e. The summed E-state index contributed by atoms with van der Waals surface area (Å²) in [5.74, 6) is 2.95. The number of para-hydroxylation sites is 1. The molecule has 2 rings (SSSR count). The van der Waals surface area contributed by atoms with Gasteiger partial charge in [-0.05, 0) is 18.6 Å². The number of nitrogens with zero attached hydrogens (tertiary/aromatic N) is 1. The smallest absolute Gasteiger partial charge is 0.0480 e. The van der Waals surface area contributed by atoms with Crippen molar-refractivity contribution in [2.24, 2.45) is 7.05 Å². The fourth-order valence-corrected chi connectivity index (χ4v) is 1.81. The van der Waals surface area contributed by atoms with Gasteiger partial charge in [0.15, 0.2) is 0 Å². The molecule has 1 heterocycles. The summed E-state index contributed by atoms with van der Waals surface area (Å²) in [4.78, 5) is 0. The molecular formula is C13H13N. The Hall–Kier alpha value is -1.68. The molecule has 1 aromatic heterocycles. The van der Waals surface area contributed by atoms with Crippen LogP contribution in [0.15, 0.2) is 30.5 Å². The van der Waals surface area contributed by atoms with Gasteiger partial charge in [-0.3, -0.25) is 0 Å². The molecule has 0 saturated heterocycles. The summed E-state index contributed by atoms with van der Waals surface area (Å²) in [7, 11) is 2.05. The Morgan fingerprint density at radius 1 is 1.36 bits per heavy atom. The summed E-state index contributed by atoms with van der Waals surface area (Å²) in [5, 5.41) is 1.26. The second-order valence-electron chi connectivity index (χ2n) is 3.60. The first kappa shape index (κ1) is 8.90. The molecule has 1 unspecified atom stereocenters. The van der Waals surface area contributed by atoms with Crippen LogP contribution in [0.4, 0.5) is 0 Å². The molecule has 0 amide bonds. The Labute approximate surface area is 84.4 Å². The second-order valence-corrected chi connectivity index (χ2v) is 3.60. The molecule has 1 aromatic carbocycles. The summed E-state index contributed by atoms with van der Waals surface area (Å²) in [6, 6.07) is 8.34. The fraction of sp³-hybridized carbons (Fsp3) is 0.231. The van der Waals surface area contributed by atoms with Gasteiger partial charge in [0.1, 0.15) is 0 Å². The van der Waals surface area contributed by atoms with Crippen LogP contribution in [0.25, 0.3) is 10.9 Å². The molecule has 0 aliphatic heterocycles. The molecular weight excluding hydrogens is 170 g/mol. The van der Waals surface area contributed by atoms with Crippen LogP contribution in [0.2, 0.25) is 0 Å². The van der Waals surface area contributed by atoms with Gasteiger partial charge in [-0.2, -0.15) is 0 Å². The highest BCUT2D eigenvalue weighted by atomic mass is 14.9. The molecule has 1 atom stereocenters. The second kappa shape index (κ2) is 3.23. The first-order valence-corrected chi connectivity index (χ1v) is 4.74. The standard InChI is InChI=1S/C13H13N/c1-4-10(2)12-9-14(3)13-8-6-5-7-11(12)13/h1,5-10H,2-3H3. The molecule has 1 heteroatoms. The SMILES string of the molecule is C#CC(C)c1cn(C)c2ccccc12. The van der Waals surface area contributed by atoms with Gasteiger partial charge >= 0.3 is 0 Å². The topological polar surface area (TPSA) is 4.93 Å². The van der Waals surface area contributed by atoms with Crippen LogP contribution < -0.4 is 0 Å². The van der Waals surface area contributed by atoms with Crippen molar-refractivity contribution in [3.8, 4) is 12.3 Å². The van der Waals surface area contributed by atoms with Gasteiger partial charge in [0.05, 0.1) is 0 Å². The van der Waals surface area contributed by atoms with Crippen molar-refractivity contribution in [2.75, 3.05) is 0 Å². The molecule has 0 saturated carbocycles. The number of aromatic nitrogens is 1. The Morgan fingerprint density at radius 2 is 2.07 bits per heavy atom. The lowest BCUT2D eigenvalue weighted by Crippen LogP contribution is -1.86. The average Bonchev–Trinajstić information content (AvgIpc) is 2.56. The normalized spacial score (nSPS) is 12.6. The van der Waals surface area contributed by atoms with Gasteiger partial charge in [0.2, 0.25) is 0 Å². The molecule has 0 N–H and O–H groups in total. The van der Waals surface area contributed by atoms with Crippen LogP contribution in [0.3, 0.4) is 0 Å². The Kier molecular flexibility index (Phi) is 2.05. The van der Waals surface area contributed by atoms with Crippen molar-refractivity contribution >= 4 is 10.9 Å². The predicted octanol–water partition coefficient (Wildman–Crippen LogP) is 2.92. The van der Waals surface area contributed by atoms with E-state index in [1.165, 1.54) is 16.5 Å². The van der Waals surface area contributed by atoms with Crippen molar-refractivity contribution in [3.63, 3.8) is 0 Å². The van der Waals surface area contributed by atoms with E-state index >= 15 is 0 Å². The summed E-state index contributed by atoms with van der Waals surface area (Å²) < 4.78 is 2.12. The van der Waals surface area contributed by atoms with E-state index in [2.05, 4.69) is 48.9 Å². The van der Waals surface area contributed by atoms with E-state index in [4.69, 9.17) is 6.42 Å². The molecule has 0 aliphatic carbocycles. The maximum absolute atomic E-state index is 5.45. The molecule has 1 nitrogen and oxygen atoms in total. The zero-order chi connectivity index (χ0) is 10.1. The number of hydrogen-bond donors (Lipinski definition) is 0. The van der Waals surface area contributed by atoms with Crippen molar-refractivity contribution in [1.82, 2.24) is 4.57 Å². The number of fused-ring (bicyclic) bond motifs is 1. The lowest BCUT2D eigenvalue weighted by Gasteiger charge is -2.00. The number of benzene rings is 1. The zero-order valence-electron chi connectivity index (χ0n) is 8.49. The first-order valence-electron chi connectivity index (χ1n) is 4.74. The number of rotatable bonds is 1. The van der Waals surface area contributed by atoms with Crippen molar-refractivity contribution in [3.05, 3.63) is 36.0 Å². The Morgan fingerprint density at radius 3 is 2.79 bits per heavy atom. The third-order valence-electron chi connectivity index (χ3n) is 2.64. The van der Waals surface area contributed by atoms with Crippen molar-refractivity contribution < 1.29 is 0 Å². The number of hydrogen-bond acceptors (Lipinski definition) is 0. The predicted molar refractivity (Wildman–Crippen MR) is 60.2 cm³/mol. The molecule has 0 bridgehead atoms. The molecule has 0 spiro atoms. The van der Waals surface area contributed by atoms with Gasteiger partial charge in [0.25, 0.3) is 0 Å². The van der Waals surface area contributed by atoms with Gasteiger partial charge in [-0.15, -0.1) is 6.42 Å². The van der Waals surface area contributed by atoms with E-state index in [0.29, 0.717) is 0 Å². The molecule has 0 fully saturated rings. The van der Waals surface area contributed by atoms with Crippen molar-refractivity contribution in [2.45, 2.75) is 12.8 Å². The van der Waals surface area contributed by atoms with Gasteiger partial charge < -0.3 is 4.57 Å². The van der Waals surface area contributed by atoms with E-state index < -0.39 is 0 Å². The third-order valence-corrected chi connectivity index (χ3v) is 2.64. The highest BCUT2D eigenvalue weighted by Gasteiger charge is 2.09. The minimum atomic E-state index is 0.182. The van der Waals surface area contributed by atoms with Crippen LogP contribution in [0, 0.1) is 12.3 Å². The lowest BCUT2D eigenvalue weighted by molar-refractivity contribution is 0.935. The fourth-order valence-electron chi connectivity index (χ4n) is 1.81. The first-order chi connectivity index (χ1) is 6.74. The summed E-state index contributed by atoms with van der Waals surface area (Å²) in [5.41, 5.74) is 2.48. The molecule has 0 aliphatic rings. The van der Waals surface area contributed by atoms with E-state index in [0.717, 1.165) is 0 Å². The molecule has 2 aromatic rings. The number of terminal acetylenes is 1. The maximum atomic E-state index is 5.45. The van der Waals surface area contributed by atoms with E-state index in [9.17, 15) is 0 Å². The van der Waals surface area contributed by atoms with E-state index in [-0.39, 0.29) is 5.92 Å². The molecule has 0 radical (unpaired) electrons. The summed E-state index contributed by atoms with van der Waals surface area (Å²) >= 11 is 0. The van der Waals surface area contributed by atoms with Crippen LogP contribution in [0.1, 0.15) is 18.4 Å². The van der Waals surface area contributed by atoms with Gasteiger partial charge in [-0.25, -0.2) is 0 Å². The van der Waals surface area contributed by atoms with Crippen LogP contribution in [-0.4, -0.2) is 4.57 Å². The zero-order valence-corrected chi connectivity index (χ0v) is 8.49.